The monoisotopic (exact) mass is 505 g/mol. The van der Waals surface area contributed by atoms with Crippen LogP contribution >= 0.6 is 15.9 Å². The number of hydrogen-bond donors (Lipinski definition) is 0. The lowest BCUT2D eigenvalue weighted by molar-refractivity contribution is -0.116. The summed E-state index contributed by atoms with van der Waals surface area (Å²) in [5, 5.41) is 0. The predicted molar refractivity (Wildman–Crippen MR) is 127 cm³/mol. The van der Waals surface area contributed by atoms with Crippen molar-refractivity contribution >= 4 is 43.2 Å². The summed E-state index contributed by atoms with van der Waals surface area (Å²) >= 11 is 3.47. The third kappa shape index (κ3) is 4.01. The molecule has 2 aromatic rings. The van der Waals surface area contributed by atoms with Gasteiger partial charge in [-0.3, -0.25) is 4.79 Å². The fraction of sp³-hybridized carbons (Fsp3) is 0.435. The molecule has 4 rings (SSSR count). The molecule has 2 atom stereocenters. The van der Waals surface area contributed by atoms with Gasteiger partial charge in [0.05, 0.1) is 5.69 Å². The largest absolute Gasteiger partial charge is 0.366 e. The van der Waals surface area contributed by atoms with Crippen molar-refractivity contribution in [1.82, 2.24) is 4.31 Å². The van der Waals surface area contributed by atoms with Gasteiger partial charge in [0.1, 0.15) is 4.90 Å². The van der Waals surface area contributed by atoms with E-state index in [0.717, 1.165) is 11.3 Å². The molecule has 8 heteroatoms. The van der Waals surface area contributed by atoms with E-state index in [4.69, 9.17) is 0 Å². The van der Waals surface area contributed by atoms with E-state index < -0.39 is 10.0 Å². The molecule has 2 aliphatic rings. The van der Waals surface area contributed by atoms with Gasteiger partial charge in [0.25, 0.3) is 0 Å². The number of sulfonamides is 1. The van der Waals surface area contributed by atoms with Gasteiger partial charge in [-0.1, -0.05) is 28.1 Å². The number of anilines is 2. The molecule has 0 spiro atoms. The smallest absolute Gasteiger partial charge is 0.245 e. The molecule has 6 nitrogen and oxygen atoms in total. The lowest BCUT2D eigenvalue weighted by Gasteiger charge is -2.41. The van der Waals surface area contributed by atoms with Gasteiger partial charge in [0, 0.05) is 48.8 Å². The molecule has 166 valence electrons. The molecule has 1 saturated heterocycles. The zero-order chi connectivity index (χ0) is 22.5. The summed E-state index contributed by atoms with van der Waals surface area (Å²) in [7, 11) is -3.76. The first kappa shape index (κ1) is 22.3. The second-order valence-electron chi connectivity index (χ2n) is 8.60. The maximum atomic E-state index is 13.8. The normalized spacial score (nSPS) is 22.0. The Morgan fingerprint density at radius 3 is 2.48 bits per heavy atom. The standard InChI is InChI=1S/C23H28BrN3O3S/c1-15-6-5-7-21(10-15)26-9-8-25(14-17(26)3)31(29,30)22-13-20(24)12-19-11-16(2)27(18(4)28)23(19)22/h5-7,10,12-13,16-17H,8-9,11,14H2,1-4H3/t16-,17-/m0/s1. The van der Waals surface area contributed by atoms with Crippen molar-refractivity contribution in [2.24, 2.45) is 0 Å². The van der Waals surface area contributed by atoms with E-state index in [1.54, 1.807) is 15.3 Å². The molecule has 31 heavy (non-hydrogen) atoms. The molecule has 0 unspecified atom stereocenters. The molecule has 0 N–H and O–H groups in total. The minimum atomic E-state index is -3.76. The van der Waals surface area contributed by atoms with Crippen LogP contribution in [0.3, 0.4) is 0 Å². The Bertz CT molecular complexity index is 1130. The van der Waals surface area contributed by atoms with Crippen molar-refractivity contribution in [3.8, 4) is 0 Å². The number of rotatable bonds is 3. The molecule has 2 heterocycles. The Morgan fingerprint density at radius 2 is 1.84 bits per heavy atom. The molecule has 1 fully saturated rings. The fourth-order valence-electron chi connectivity index (χ4n) is 4.82. The van der Waals surface area contributed by atoms with Crippen molar-refractivity contribution in [3.05, 3.63) is 52.0 Å². The SMILES string of the molecule is CC(=O)N1c2c(cc(Br)cc2S(=O)(=O)N2CCN(c3cccc(C)c3)[C@@H](C)C2)C[C@@H]1C. The molecule has 0 radical (unpaired) electrons. The number of fused-ring (bicyclic) bond motifs is 1. The Hall–Kier alpha value is -1.90. The summed E-state index contributed by atoms with van der Waals surface area (Å²) in [6, 6.07) is 11.8. The van der Waals surface area contributed by atoms with E-state index in [2.05, 4.69) is 52.9 Å². The maximum absolute atomic E-state index is 13.8. The van der Waals surface area contributed by atoms with Crippen LogP contribution in [0.25, 0.3) is 0 Å². The zero-order valence-electron chi connectivity index (χ0n) is 18.3. The van der Waals surface area contributed by atoms with E-state index in [0.29, 0.717) is 36.2 Å². The van der Waals surface area contributed by atoms with Crippen molar-refractivity contribution in [3.63, 3.8) is 0 Å². The van der Waals surface area contributed by atoms with Crippen LogP contribution in [0.15, 0.2) is 45.8 Å². The third-order valence-electron chi connectivity index (χ3n) is 6.20. The highest BCUT2D eigenvalue weighted by atomic mass is 79.9. The molecular weight excluding hydrogens is 478 g/mol. The Kier molecular flexibility index (Phi) is 5.91. The zero-order valence-corrected chi connectivity index (χ0v) is 20.7. The Labute approximate surface area is 193 Å². The number of carbonyl (C=O) groups is 1. The number of aryl methyl sites for hydroxylation is 1. The molecule has 0 aliphatic carbocycles. The number of nitrogens with zero attached hydrogens (tertiary/aromatic N) is 3. The summed E-state index contributed by atoms with van der Waals surface area (Å²) < 4.78 is 29.8. The number of piperazine rings is 1. The number of benzene rings is 2. The maximum Gasteiger partial charge on any atom is 0.245 e. The van der Waals surface area contributed by atoms with E-state index in [9.17, 15) is 13.2 Å². The van der Waals surface area contributed by atoms with Gasteiger partial charge in [-0.25, -0.2) is 8.42 Å². The Balaban J connectivity index is 1.67. The molecule has 1 amide bonds. The first-order valence-corrected chi connectivity index (χ1v) is 12.8. The van der Waals surface area contributed by atoms with Crippen LogP contribution in [0, 0.1) is 6.92 Å². The number of halogens is 1. The fourth-order valence-corrected chi connectivity index (χ4v) is 7.24. The molecule has 0 aromatic heterocycles. The second-order valence-corrected chi connectivity index (χ2v) is 11.4. The van der Waals surface area contributed by atoms with Crippen LogP contribution in [0.1, 0.15) is 31.9 Å². The summed E-state index contributed by atoms with van der Waals surface area (Å²) in [5.74, 6) is -0.136. The highest BCUT2D eigenvalue weighted by molar-refractivity contribution is 9.10. The minimum absolute atomic E-state index is 0.0355. The highest BCUT2D eigenvalue weighted by Gasteiger charge is 2.39. The van der Waals surface area contributed by atoms with Gasteiger partial charge in [0.15, 0.2) is 0 Å². The lowest BCUT2D eigenvalue weighted by Crippen LogP contribution is -2.53. The van der Waals surface area contributed by atoms with Crippen LogP contribution in [-0.4, -0.2) is 50.3 Å². The summed E-state index contributed by atoms with van der Waals surface area (Å²) in [6.45, 7) is 8.97. The molecule has 0 bridgehead atoms. The minimum Gasteiger partial charge on any atom is -0.366 e. The molecule has 2 aromatic carbocycles. The average molecular weight is 506 g/mol. The van der Waals surface area contributed by atoms with Crippen molar-refractivity contribution in [2.45, 2.75) is 51.1 Å². The summed E-state index contributed by atoms with van der Waals surface area (Å²) in [4.78, 5) is 16.4. The van der Waals surface area contributed by atoms with E-state index in [1.165, 1.54) is 12.5 Å². The predicted octanol–water partition coefficient (Wildman–Crippen LogP) is 3.95. The molecule has 0 saturated carbocycles. The second kappa shape index (κ2) is 8.22. The van der Waals surface area contributed by atoms with Gasteiger partial charge in [-0.05, 0) is 62.6 Å². The van der Waals surface area contributed by atoms with Gasteiger partial charge < -0.3 is 9.80 Å². The van der Waals surface area contributed by atoms with Crippen molar-refractivity contribution < 1.29 is 13.2 Å². The quantitative estimate of drug-likeness (QED) is 0.633. The van der Waals surface area contributed by atoms with Crippen LogP contribution in [0.4, 0.5) is 11.4 Å². The highest BCUT2D eigenvalue weighted by Crippen LogP contribution is 2.41. The van der Waals surface area contributed by atoms with Gasteiger partial charge in [-0.15, -0.1) is 0 Å². The molecular formula is C23H28BrN3O3S. The first-order valence-electron chi connectivity index (χ1n) is 10.5. The molecule has 2 aliphatic heterocycles. The average Bonchev–Trinajstić information content (AvgIpc) is 3.02. The van der Waals surface area contributed by atoms with Gasteiger partial charge >= 0.3 is 0 Å². The topological polar surface area (TPSA) is 60.9 Å². The van der Waals surface area contributed by atoms with Crippen molar-refractivity contribution in [1.29, 1.82) is 0 Å². The number of amides is 1. The van der Waals surface area contributed by atoms with Gasteiger partial charge in [-0.2, -0.15) is 4.31 Å². The number of hydrogen-bond acceptors (Lipinski definition) is 4. The van der Waals surface area contributed by atoms with Crippen LogP contribution in [0.5, 0.6) is 0 Å². The number of carbonyl (C=O) groups excluding carboxylic acids is 1. The third-order valence-corrected chi connectivity index (χ3v) is 8.53. The van der Waals surface area contributed by atoms with Crippen LogP contribution in [0.2, 0.25) is 0 Å². The van der Waals surface area contributed by atoms with E-state index in [-0.39, 0.29) is 22.9 Å². The Morgan fingerprint density at radius 1 is 1.10 bits per heavy atom. The van der Waals surface area contributed by atoms with E-state index >= 15 is 0 Å². The van der Waals surface area contributed by atoms with Gasteiger partial charge in [0.2, 0.25) is 15.9 Å². The lowest BCUT2D eigenvalue weighted by atomic mass is 10.1. The van der Waals surface area contributed by atoms with Crippen molar-refractivity contribution in [2.75, 3.05) is 29.4 Å². The van der Waals surface area contributed by atoms with Crippen LogP contribution in [-0.2, 0) is 21.2 Å². The summed E-state index contributed by atoms with van der Waals surface area (Å²) in [6.07, 6.45) is 0.647. The first-order chi connectivity index (χ1) is 14.6. The summed E-state index contributed by atoms with van der Waals surface area (Å²) in [5.41, 5.74) is 3.73. The van der Waals surface area contributed by atoms with Crippen LogP contribution < -0.4 is 9.80 Å². The van der Waals surface area contributed by atoms with E-state index in [1.807, 2.05) is 19.1 Å².